The Labute approximate surface area is 133 Å². The van der Waals surface area contributed by atoms with Crippen LogP contribution in [0.15, 0.2) is 12.8 Å². The minimum absolute atomic E-state index is 0.0260. The predicted octanol–water partition coefficient (Wildman–Crippen LogP) is 2.10. The van der Waals surface area contributed by atoms with Crippen LogP contribution in [0.3, 0.4) is 0 Å². The van der Waals surface area contributed by atoms with Gasteiger partial charge < -0.3 is 14.4 Å². The van der Waals surface area contributed by atoms with Crippen LogP contribution in [0.1, 0.15) is 25.5 Å². The fourth-order valence-corrected chi connectivity index (χ4v) is 2.40. The van der Waals surface area contributed by atoms with Gasteiger partial charge in [0, 0.05) is 25.9 Å². The smallest absolute Gasteiger partial charge is 0.343 e. The van der Waals surface area contributed by atoms with Gasteiger partial charge in [-0.3, -0.25) is 0 Å². The molecule has 1 aliphatic rings. The van der Waals surface area contributed by atoms with Crippen LogP contribution in [-0.2, 0) is 14.3 Å². The largest absolute Gasteiger partial charge is 0.492 e. The lowest BCUT2D eigenvalue weighted by Gasteiger charge is -2.34. The molecule has 0 aliphatic carbocycles. The summed E-state index contributed by atoms with van der Waals surface area (Å²) in [6.07, 6.45) is 0.948. The molecule has 0 N–H and O–H groups in total. The first-order valence-electron chi connectivity index (χ1n) is 7.28. The number of rotatable bonds is 5. The molecule has 1 aromatic rings. The molecule has 0 spiro atoms. The number of methoxy groups -OCH3 is 1. The van der Waals surface area contributed by atoms with Crippen LogP contribution in [0, 0.1) is 5.82 Å². The Bertz CT molecular complexity index is 602. The summed E-state index contributed by atoms with van der Waals surface area (Å²) < 4.78 is 37.8. The van der Waals surface area contributed by atoms with Crippen LogP contribution in [0.4, 0.5) is 14.7 Å². The average Bonchev–Trinajstić information content (AvgIpc) is 2.55. The first-order valence-corrected chi connectivity index (χ1v) is 7.28. The molecule has 0 atom stereocenters. The number of hydrogen-bond acceptors (Lipinski definition) is 6. The topological polar surface area (TPSA) is 64.5 Å². The molecular formula is C15H19F2N3O3. The highest BCUT2D eigenvalue weighted by molar-refractivity contribution is 5.79. The van der Waals surface area contributed by atoms with Gasteiger partial charge in [-0.15, -0.1) is 0 Å². The van der Waals surface area contributed by atoms with E-state index in [1.807, 2.05) is 0 Å². The number of carbonyl (C=O) groups is 1. The molecule has 2 heterocycles. The van der Waals surface area contributed by atoms with Crippen molar-refractivity contribution in [2.45, 2.75) is 25.4 Å². The molecule has 1 aliphatic heterocycles. The number of anilines is 1. The molecule has 0 saturated carbocycles. The first-order chi connectivity index (χ1) is 10.9. The van der Waals surface area contributed by atoms with Crippen molar-refractivity contribution in [3.63, 3.8) is 0 Å². The second-order valence-electron chi connectivity index (χ2n) is 5.17. The third-order valence-corrected chi connectivity index (χ3v) is 3.70. The fraction of sp³-hybridized carbons (Fsp3) is 0.533. The molecule has 0 bridgehead atoms. The molecule has 1 saturated heterocycles. The summed E-state index contributed by atoms with van der Waals surface area (Å²) in [5, 5.41) is 0. The number of halogens is 2. The Balaban J connectivity index is 2.14. The molecule has 0 radical (unpaired) electrons. The number of nitrogens with zero attached hydrogens (tertiary/aromatic N) is 3. The summed E-state index contributed by atoms with van der Waals surface area (Å²) in [4.78, 5) is 21.2. The van der Waals surface area contributed by atoms with Gasteiger partial charge in [0.15, 0.2) is 5.82 Å². The standard InChI is InChI=1S/C15H19F2N3O3/c1-4-23-10(2)12-11(16)9-18-14(19-12)20-7-5-15(17,6-8-20)13(21)22-3/h9H,2,4-8H2,1,3H3. The van der Waals surface area contributed by atoms with E-state index >= 15 is 0 Å². The number of esters is 1. The van der Waals surface area contributed by atoms with E-state index in [0.717, 1.165) is 13.3 Å². The summed E-state index contributed by atoms with van der Waals surface area (Å²) in [6.45, 7) is 6.16. The molecule has 0 amide bonds. The zero-order chi connectivity index (χ0) is 17.0. The SMILES string of the molecule is C=C(OCC)c1nc(N2CCC(F)(C(=O)OC)CC2)ncc1F. The summed E-state index contributed by atoms with van der Waals surface area (Å²) >= 11 is 0. The summed E-state index contributed by atoms with van der Waals surface area (Å²) in [7, 11) is 1.16. The second kappa shape index (κ2) is 6.89. The van der Waals surface area contributed by atoms with Gasteiger partial charge in [-0.05, 0) is 6.92 Å². The van der Waals surface area contributed by atoms with Crippen molar-refractivity contribution >= 4 is 17.7 Å². The lowest BCUT2D eigenvalue weighted by molar-refractivity contribution is -0.156. The number of alkyl halides is 1. The van der Waals surface area contributed by atoms with E-state index in [9.17, 15) is 13.6 Å². The fourth-order valence-electron chi connectivity index (χ4n) is 2.40. The number of piperidine rings is 1. The Morgan fingerprint density at radius 1 is 1.48 bits per heavy atom. The van der Waals surface area contributed by atoms with E-state index in [1.165, 1.54) is 0 Å². The van der Waals surface area contributed by atoms with Crippen LogP contribution in [0.2, 0.25) is 0 Å². The molecule has 8 heteroatoms. The molecule has 6 nitrogen and oxygen atoms in total. The summed E-state index contributed by atoms with van der Waals surface area (Å²) in [5.74, 6) is -1.16. The van der Waals surface area contributed by atoms with Crippen molar-refractivity contribution in [1.82, 2.24) is 9.97 Å². The second-order valence-corrected chi connectivity index (χ2v) is 5.17. The van der Waals surface area contributed by atoms with Crippen LogP contribution in [0.5, 0.6) is 0 Å². The lowest BCUT2D eigenvalue weighted by atomic mass is 9.93. The van der Waals surface area contributed by atoms with Crippen molar-refractivity contribution in [2.75, 3.05) is 31.7 Å². The first kappa shape index (κ1) is 17.1. The molecule has 0 aromatic carbocycles. The van der Waals surface area contributed by atoms with E-state index in [4.69, 9.17) is 4.74 Å². The molecule has 0 unspecified atom stereocenters. The maximum absolute atomic E-state index is 14.4. The lowest BCUT2D eigenvalue weighted by Crippen LogP contribution is -2.47. The van der Waals surface area contributed by atoms with Crippen LogP contribution >= 0.6 is 0 Å². The average molecular weight is 327 g/mol. The Hall–Kier alpha value is -2.25. The van der Waals surface area contributed by atoms with Gasteiger partial charge in [-0.2, -0.15) is 0 Å². The minimum Gasteiger partial charge on any atom is -0.492 e. The molecule has 2 rings (SSSR count). The molecule has 23 heavy (non-hydrogen) atoms. The van der Waals surface area contributed by atoms with Gasteiger partial charge >= 0.3 is 5.97 Å². The van der Waals surface area contributed by atoms with Crippen molar-refractivity contribution < 1.29 is 23.0 Å². The highest BCUT2D eigenvalue weighted by atomic mass is 19.1. The normalized spacial score (nSPS) is 16.8. The monoisotopic (exact) mass is 327 g/mol. The van der Waals surface area contributed by atoms with Gasteiger partial charge in [0.25, 0.3) is 0 Å². The maximum Gasteiger partial charge on any atom is 0.343 e. The molecule has 126 valence electrons. The van der Waals surface area contributed by atoms with E-state index in [-0.39, 0.29) is 43.3 Å². The van der Waals surface area contributed by atoms with Gasteiger partial charge in [-0.1, -0.05) is 6.58 Å². The Kier molecular flexibility index (Phi) is 5.12. The van der Waals surface area contributed by atoms with Crippen LogP contribution in [-0.4, -0.2) is 48.4 Å². The van der Waals surface area contributed by atoms with Gasteiger partial charge in [0.05, 0.1) is 19.9 Å². The predicted molar refractivity (Wildman–Crippen MR) is 80.0 cm³/mol. The Morgan fingerprint density at radius 2 is 2.13 bits per heavy atom. The third kappa shape index (κ3) is 3.57. The van der Waals surface area contributed by atoms with Crippen LogP contribution < -0.4 is 4.90 Å². The van der Waals surface area contributed by atoms with Crippen LogP contribution in [0.25, 0.3) is 5.76 Å². The van der Waals surface area contributed by atoms with Crippen molar-refractivity contribution in [3.05, 3.63) is 24.3 Å². The summed E-state index contributed by atoms with van der Waals surface area (Å²) in [5.41, 5.74) is -2.02. The molecule has 1 aromatic heterocycles. The molecular weight excluding hydrogens is 308 g/mol. The number of carbonyl (C=O) groups excluding carboxylic acids is 1. The van der Waals surface area contributed by atoms with E-state index in [0.29, 0.717) is 6.61 Å². The highest BCUT2D eigenvalue weighted by Gasteiger charge is 2.43. The van der Waals surface area contributed by atoms with Gasteiger partial charge in [0.1, 0.15) is 11.5 Å². The summed E-state index contributed by atoms with van der Waals surface area (Å²) in [6, 6.07) is 0. The highest BCUT2D eigenvalue weighted by Crippen LogP contribution is 2.30. The number of hydrogen-bond donors (Lipinski definition) is 0. The van der Waals surface area contributed by atoms with E-state index < -0.39 is 17.5 Å². The number of aromatic nitrogens is 2. The van der Waals surface area contributed by atoms with Gasteiger partial charge in [0.2, 0.25) is 11.6 Å². The van der Waals surface area contributed by atoms with E-state index in [2.05, 4.69) is 21.3 Å². The van der Waals surface area contributed by atoms with E-state index in [1.54, 1.807) is 11.8 Å². The molecule has 1 fully saturated rings. The zero-order valence-electron chi connectivity index (χ0n) is 13.1. The minimum atomic E-state index is -2.00. The quantitative estimate of drug-likeness (QED) is 0.610. The van der Waals surface area contributed by atoms with Crippen molar-refractivity contribution in [2.24, 2.45) is 0 Å². The maximum atomic E-state index is 14.4. The van der Waals surface area contributed by atoms with Crippen molar-refractivity contribution in [3.8, 4) is 0 Å². The van der Waals surface area contributed by atoms with Crippen molar-refractivity contribution in [1.29, 1.82) is 0 Å². The van der Waals surface area contributed by atoms with Gasteiger partial charge in [-0.25, -0.2) is 23.5 Å². The third-order valence-electron chi connectivity index (χ3n) is 3.70. The zero-order valence-corrected chi connectivity index (χ0v) is 13.1. The Morgan fingerprint density at radius 3 is 2.70 bits per heavy atom. The number of ether oxygens (including phenoxy) is 2.